The van der Waals surface area contributed by atoms with Gasteiger partial charge in [-0.25, -0.2) is 9.78 Å². The molecule has 1 aromatic heterocycles. The van der Waals surface area contributed by atoms with E-state index in [9.17, 15) is 15.0 Å². The van der Waals surface area contributed by atoms with Gasteiger partial charge in [-0.05, 0) is 53.8 Å². The smallest absolute Gasteiger partial charge is 0.336 e. The van der Waals surface area contributed by atoms with Gasteiger partial charge in [-0.1, -0.05) is 30.3 Å². The van der Waals surface area contributed by atoms with Crippen LogP contribution in [0.3, 0.4) is 0 Å². The van der Waals surface area contributed by atoms with Crippen LogP contribution >= 0.6 is 0 Å². The molecule has 0 fully saturated rings. The quantitative estimate of drug-likeness (QED) is 0.745. The summed E-state index contributed by atoms with van der Waals surface area (Å²) in [4.78, 5) is 16.5. The zero-order valence-corrected chi connectivity index (χ0v) is 12.9. The molecule has 1 aliphatic rings. The van der Waals surface area contributed by atoms with E-state index < -0.39 is 5.97 Å². The number of nitrogens with zero attached hydrogens (tertiary/aromatic N) is 1. The number of hydrogen-bond acceptors (Lipinski definition) is 3. The molecule has 0 saturated carbocycles. The molecular weight excluding hydrogens is 302 g/mol. The highest BCUT2D eigenvalue weighted by Crippen LogP contribution is 2.37. The number of benzene rings is 2. The number of fused-ring (bicyclic) bond motifs is 2. The number of rotatable bonds is 2. The van der Waals surface area contributed by atoms with Gasteiger partial charge in [0.1, 0.15) is 5.75 Å². The molecule has 4 heteroatoms. The van der Waals surface area contributed by atoms with Gasteiger partial charge in [-0.3, -0.25) is 0 Å². The Morgan fingerprint density at radius 2 is 1.92 bits per heavy atom. The number of hydrogen-bond donors (Lipinski definition) is 2. The molecule has 2 aromatic carbocycles. The lowest BCUT2D eigenvalue weighted by molar-refractivity contribution is 0.0698. The van der Waals surface area contributed by atoms with Crippen LogP contribution in [-0.4, -0.2) is 21.2 Å². The molecule has 3 aromatic rings. The Bertz CT molecular complexity index is 1000. The van der Waals surface area contributed by atoms with Crippen molar-refractivity contribution in [3.8, 4) is 5.75 Å². The maximum absolute atomic E-state index is 11.8. The summed E-state index contributed by atoms with van der Waals surface area (Å²) in [5.74, 6) is -0.705. The highest BCUT2D eigenvalue weighted by atomic mass is 16.4. The van der Waals surface area contributed by atoms with E-state index in [1.165, 1.54) is 0 Å². The Morgan fingerprint density at radius 1 is 1.08 bits per heavy atom. The van der Waals surface area contributed by atoms with Gasteiger partial charge in [0.25, 0.3) is 0 Å². The normalized spacial score (nSPS) is 14.9. The topological polar surface area (TPSA) is 70.4 Å². The molecule has 0 unspecified atom stereocenters. The molecule has 0 atom stereocenters. The Hall–Kier alpha value is -3.14. The number of carboxylic acids is 1. The number of phenolic OH excluding ortho intramolecular Hbond substituents is 1. The van der Waals surface area contributed by atoms with Crippen molar-refractivity contribution >= 4 is 28.5 Å². The maximum atomic E-state index is 11.8. The summed E-state index contributed by atoms with van der Waals surface area (Å²) >= 11 is 0. The first-order valence-corrected chi connectivity index (χ1v) is 7.78. The Morgan fingerprint density at radius 3 is 2.71 bits per heavy atom. The Labute approximate surface area is 138 Å². The monoisotopic (exact) mass is 317 g/mol. The molecule has 0 spiro atoms. The lowest BCUT2D eigenvalue weighted by Crippen LogP contribution is -2.05. The van der Waals surface area contributed by atoms with Crippen LogP contribution in [0.1, 0.15) is 33.6 Å². The number of pyridine rings is 1. The second-order valence-electron chi connectivity index (χ2n) is 5.90. The molecule has 2 N–H and O–H groups in total. The van der Waals surface area contributed by atoms with Crippen molar-refractivity contribution in [2.75, 3.05) is 0 Å². The second kappa shape index (κ2) is 5.49. The summed E-state index contributed by atoms with van der Waals surface area (Å²) in [6.45, 7) is 0. The molecule has 4 rings (SSSR count). The van der Waals surface area contributed by atoms with Gasteiger partial charge in [0.15, 0.2) is 0 Å². The van der Waals surface area contributed by atoms with Gasteiger partial charge in [-0.15, -0.1) is 0 Å². The van der Waals surface area contributed by atoms with Crippen molar-refractivity contribution in [3.63, 3.8) is 0 Å². The minimum absolute atomic E-state index is 0.209. The van der Waals surface area contributed by atoms with E-state index in [0.29, 0.717) is 22.9 Å². The zero-order valence-electron chi connectivity index (χ0n) is 12.9. The summed E-state index contributed by atoms with van der Waals surface area (Å²) in [5.41, 5.74) is 4.49. The number of aromatic hydroxyl groups is 1. The number of phenols is 1. The Balaban J connectivity index is 1.94. The van der Waals surface area contributed by atoms with Gasteiger partial charge >= 0.3 is 5.97 Å². The van der Waals surface area contributed by atoms with Crippen molar-refractivity contribution in [2.24, 2.45) is 0 Å². The lowest BCUT2D eigenvalue weighted by Gasteiger charge is -2.09. The minimum atomic E-state index is -0.913. The fraction of sp³-hybridized carbons (Fsp3) is 0.100. The molecule has 4 nitrogen and oxygen atoms in total. The van der Waals surface area contributed by atoms with Gasteiger partial charge in [0.2, 0.25) is 0 Å². The fourth-order valence-electron chi connectivity index (χ4n) is 3.34. The third kappa shape index (κ3) is 2.33. The van der Waals surface area contributed by atoms with Crippen molar-refractivity contribution < 1.29 is 15.0 Å². The van der Waals surface area contributed by atoms with E-state index in [-0.39, 0.29) is 5.75 Å². The number of carboxylic acid groups (broad SMARTS) is 1. The van der Waals surface area contributed by atoms with Crippen LogP contribution in [0.15, 0.2) is 48.5 Å². The first-order valence-electron chi connectivity index (χ1n) is 7.78. The van der Waals surface area contributed by atoms with Crippen LogP contribution in [0.4, 0.5) is 0 Å². The molecule has 24 heavy (non-hydrogen) atoms. The molecule has 0 radical (unpaired) electrons. The fourth-order valence-corrected chi connectivity index (χ4v) is 3.34. The largest absolute Gasteiger partial charge is 0.508 e. The number of para-hydroxylation sites is 1. The molecule has 0 bridgehead atoms. The standard InChI is InChI=1S/C20H15NO3/c22-14-5-3-4-12(11-14)10-13-8-9-16-18(20(23)24)15-6-1-2-7-17(15)21-19(13)16/h1-7,10-11,22H,8-9H2,(H,23,24)/b13-10+. The van der Waals surface area contributed by atoms with E-state index >= 15 is 0 Å². The summed E-state index contributed by atoms with van der Waals surface area (Å²) < 4.78 is 0. The van der Waals surface area contributed by atoms with Crippen LogP contribution in [0, 0.1) is 0 Å². The average Bonchev–Trinajstić information content (AvgIpc) is 2.94. The van der Waals surface area contributed by atoms with Crippen molar-refractivity contribution in [1.82, 2.24) is 4.98 Å². The first-order chi connectivity index (χ1) is 11.6. The van der Waals surface area contributed by atoms with Crippen LogP contribution in [0.2, 0.25) is 0 Å². The summed E-state index contributed by atoms with van der Waals surface area (Å²) in [6, 6.07) is 14.3. The van der Waals surface area contributed by atoms with Crippen molar-refractivity contribution in [1.29, 1.82) is 0 Å². The minimum Gasteiger partial charge on any atom is -0.508 e. The maximum Gasteiger partial charge on any atom is 0.336 e. The highest BCUT2D eigenvalue weighted by Gasteiger charge is 2.26. The molecular formula is C20H15NO3. The molecule has 0 amide bonds. The summed E-state index contributed by atoms with van der Waals surface area (Å²) in [7, 11) is 0. The third-order valence-corrected chi connectivity index (χ3v) is 4.37. The van der Waals surface area contributed by atoms with Gasteiger partial charge < -0.3 is 10.2 Å². The van der Waals surface area contributed by atoms with Crippen LogP contribution in [0.5, 0.6) is 5.75 Å². The van der Waals surface area contributed by atoms with Gasteiger partial charge in [0.05, 0.1) is 16.8 Å². The van der Waals surface area contributed by atoms with Crippen molar-refractivity contribution in [2.45, 2.75) is 12.8 Å². The molecule has 1 heterocycles. The van der Waals surface area contributed by atoms with E-state index in [2.05, 4.69) is 0 Å². The van der Waals surface area contributed by atoms with E-state index in [0.717, 1.165) is 28.8 Å². The van der Waals surface area contributed by atoms with Gasteiger partial charge in [0, 0.05) is 5.39 Å². The van der Waals surface area contributed by atoms with Crippen LogP contribution in [-0.2, 0) is 6.42 Å². The summed E-state index contributed by atoms with van der Waals surface area (Å²) in [5, 5.41) is 20.0. The summed E-state index contributed by atoms with van der Waals surface area (Å²) in [6.07, 6.45) is 3.38. The Kier molecular flexibility index (Phi) is 3.31. The molecule has 0 aliphatic heterocycles. The lowest BCUT2D eigenvalue weighted by atomic mass is 10.0. The van der Waals surface area contributed by atoms with E-state index in [1.807, 2.05) is 36.4 Å². The number of aromatic carboxylic acids is 1. The van der Waals surface area contributed by atoms with E-state index in [4.69, 9.17) is 4.98 Å². The van der Waals surface area contributed by atoms with Crippen molar-refractivity contribution in [3.05, 3.63) is 70.9 Å². The first kappa shape index (κ1) is 14.5. The predicted molar refractivity (Wildman–Crippen MR) is 93.0 cm³/mol. The third-order valence-electron chi connectivity index (χ3n) is 4.37. The van der Waals surface area contributed by atoms with Crippen LogP contribution in [0.25, 0.3) is 22.6 Å². The van der Waals surface area contributed by atoms with Crippen LogP contribution < -0.4 is 0 Å². The van der Waals surface area contributed by atoms with E-state index in [1.54, 1.807) is 18.2 Å². The zero-order chi connectivity index (χ0) is 16.7. The molecule has 0 saturated heterocycles. The highest BCUT2D eigenvalue weighted by molar-refractivity contribution is 6.06. The average molecular weight is 317 g/mol. The second-order valence-corrected chi connectivity index (χ2v) is 5.90. The molecule has 1 aliphatic carbocycles. The SMILES string of the molecule is O=C(O)c1c2c(nc3ccccc13)/C(=C/c1cccc(O)c1)CC2. The van der Waals surface area contributed by atoms with Gasteiger partial charge in [-0.2, -0.15) is 0 Å². The predicted octanol–water partition coefficient (Wildman–Crippen LogP) is 4.13. The number of aromatic nitrogens is 1. The molecule has 118 valence electrons. The number of carbonyl (C=O) groups is 1. The number of allylic oxidation sites excluding steroid dienone is 1.